The number of allylic oxidation sites excluding steroid dienone is 11. The molecule has 0 aliphatic carbocycles. The van der Waals surface area contributed by atoms with Crippen molar-refractivity contribution in [1.82, 2.24) is 5.32 Å². The van der Waals surface area contributed by atoms with Gasteiger partial charge in [0.1, 0.15) is 0 Å². The zero-order valence-corrected chi connectivity index (χ0v) is 35.3. The van der Waals surface area contributed by atoms with Crippen molar-refractivity contribution >= 4 is 13.7 Å². The minimum Gasteiger partial charge on any atom is -0.387 e. The number of nitrogens with one attached hydrogen (secondary N) is 1. The summed E-state index contributed by atoms with van der Waals surface area (Å²) < 4.78 is 22.1. The molecule has 0 aromatic heterocycles. The van der Waals surface area contributed by atoms with Gasteiger partial charge in [0.05, 0.1) is 25.4 Å². The molecule has 0 aliphatic heterocycles. The van der Waals surface area contributed by atoms with Gasteiger partial charge in [-0.25, -0.2) is 4.57 Å². The van der Waals surface area contributed by atoms with Gasteiger partial charge in [0, 0.05) is 13.0 Å². The van der Waals surface area contributed by atoms with Crippen molar-refractivity contribution in [3.8, 4) is 0 Å². The number of phosphoric ester groups is 1. The van der Waals surface area contributed by atoms with E-state index in [2.05, 4.69) is 79.9 Å². The topological polar surface area (TPSA) is 131 Å². The molecular weight excluding hydrogens is 695 g/mol. The fourth-order valence-corrected chi connectivity index (χ4v) is 6.56. The number of carbonyl (C=O) groups is 1. The third-order valence-electron chi connectivity index (χ3n) is 9.04. The van der Waals surface area contributed by atoms with Crippen LogP contribution in [-0.2, 0) is 18.4 Å². The van der Waals surface area contributed by atoms with Crippen LogP contribution in [-0.4, -0.2) is 47.8 Å². The Morgan fingerprint density at radius 1 is 0.630 bits per heavy atom. The van der Waals surface area contributed by atoms with Crippen LogP contribution in [0, 0.1) is 0 Å². The highest BCUT2D eigenvalue weighted by Gasteiger charge is 2.26. The van der Waals surface area contributed by atoms with Gasteiger partial charge in [-0.15, -0.1) is 0 Å². The Balaban J connectivity index is 4.32. The number of amides is 1. The SMILES string of the molecule is CC/C=C\C/C=C\C/C=C\C/C=C\C/C=C\CCCCCC(=O)NC(COP(=O)(O)OCCN)C(O)/C=C/CCCCCCCCCCCCCCCC. The molecule has 5 N–H and O–H groups in total. The van der Waals surface area contributed by atoms with Gasteiger partial charge in [-0.3, -0.25) is 13.8 Å². The first-order valence-electron chi connectivity index (χ1n) is 21.6. The maximum Gasteiger partial charge on any atom is 0.472 e. The van der Waals surface area contributed by atoms with E-state index in [4.69, 9.17) is 14.8 Å². The lowest BCUT2D eigenvalue weighted by Crippen LogP contribution is -2.45. The van der Waals surface area contributed by atoms with Crippen LogP contribution >= 0.6 is 7.82 Å². The summed E-state index contributed by atoms with van der Waals surface area (Å²) in [7, 11) is -4.35. The van der Waals surface area contributed by atoms with E-state index in [9.17, 15) is 19.4 Å². The molecule has 3 unspecified atom stereocenters. The Morgan fingerprint density at radius 3 is 1.57 bits per heavy atom. The second-order valence-electron chi connectivity index (χ2n) is 14.2. The normalized spacial score (nSPS) is 14.8. The fourth-order valence-electron chi connectivity index (χ4n) is 5.80. The zero-order chi connectivity index (χ0) is 39.6. The Kier molecular flexibility index (Phi) is 39.0. The number of aliphatic hydroxyl groups excluding tert-OH is 1. The molecular formula is C45H81N2O6P. The van der Waals surface area contributed by atoms with Crippen molar-refractivity contribution in [2.75, 3.05) is 19.8 Å². The predicted molar refractivity (Wildman–Crippen MR) is 230 cm³/mol. The Bertz CT molecular complexity index is 1070. The predicted octanol–water partition coefficient (Wildman–Crippen LogP) is 12.1. The van der Waals surface area contributed by atoms with Gasteiger partial charge in [-0.05, 0) is 64.2 Å². The van der Waals surface area contributed by atoms with Gasteiger partial charge < -0.3 is 21.1 Å². The summed E-state index contributed by atoms with van der Waals surface area (Å²) in [4.78, 5) is 22.7. The summed E-state index contributed by atoms with van der Waals surface area (Å²) in [5.74, 6) is -0.228. The van der Waals surface area contributed by atoms with E-state index in [1.165, 1.54) is 77.0 Å². The van der Waals surface area contributed by atoms with Gasteiger partial charge in [0.15, 0.2) is 0 Å². The first kappa shape index (κ1) is 51.9. The number of hydrogen-bond donors (Lipinski definition) is 4. The van der Waals surface area contributed by atoms with Crippen molar-refractivity contribution < 1.29 is 28.4 Å². The van der Waals surface area contributed by atoms with E-state index >= 15 is 0 Å². The van der Waals surface area contributed by atoms with Crippen LogP contribution in [0.1, 0.15) is 174 Å². The van der Waals surface area contributed by atoms with Crippen molar-refractivity contribution in [2.24, 2.45) is 5.73 Å². The highest BCUT2D eigenvalue weighted by molar-refractivity contribution is 7.47. The van der Waals surface area contributed by atoms with Crippen LogP contribution in [0.4, 0.5) is 0 Å². The number of carbonyl (C=O) groups excluding carboxylic acids is 1. The fraction of sp³-hybridized carbons (Fsp3) is 0.711. The van der Waals surface area contributed by atoms with Crippen LogP contribution < -0.4 is 11.1 Å². The van der Waals surface area contributed by atoms with Crippen molar-refractivity contribution in [2.45, 2.75) is 187 Å². The highest BCUT2D eigenvalue weighted by Crippen LogP contribution is 2.43. The average Bonchev–Trinajstić information content (AvgIpc) is 3.16. The average molecular weight is 777 g/mol. The van der Waals surface area contributed by atoms with E-state index in [-0.39, 0.29) is 25.7 Å². The van der Waals surface area contributed by atoms with Crippen LogP contribution in [0.5, 0.6) is 0 Å². The number of aliphatic hydroxyl groups is 1. The van der Waals surface area contributed by atoms with E-state index < -0.39 is 20.0 Å². The first-order chi connectivity index (χ1) is 26.4. The smallest absolute Gasteiger partial charge is 0.387 e. The Labute approximate surface area is 331 Å². The third-order valence-corrected chi connectivity index (χ3v) is 10.0. The maximum atomic E-state index is 12.7. The van der Waals surface area contributed by atoms with Crippen LogP contribution in [0.25, 0.3) is 0 Å². The molecule has 0 fully saturated rings. The highest BCUT2D eigenvalue weighted by atomic mass is 31.2. The number of phosphoric acid groups is 1. The molecule has 3 atom stereocenters. The third kappa shape index (κ3) is 38.2. The number of hydrogen-bond acceptors (Lipinski definition) is 6. The van der Waals surface area contributed by atoms with Crippen LogP contribution in [0.15, 0.2) is 72.9 Å². The summed E-state index contributed by atoms with van der Waals surface area (Å²) in [6, 6.07) is -0.881. The number of rotatable bonds is 39. The lowest BCUT2D eigenvalue weighted by atomic mass is 10.0. The standard InChI is InChI=1S/C45H81N2O6P/c1-3-5-7-9-11-13-15-17-19-21-22-23-25-27-29-31-33-35-37-39-45(49)47-43(42-53-54(50,51)52-41-40-46)44(48)38-36-34-32-30-28-26-24-20-18-16-14-12-10-8-6-4-2/h5,7,11,13,17,19,22-23,27,29,36,38,43-44,48H,3-4,6,8-10,12,14-16,18,20-21,24-26,28,30-35,37,39-42,46H2,1-2H3,(H,47,49)(H,50,51)/b7-5-,13-11-,19-17-,23-22-,29-27-,38-36+. The zero-order valence-electron chi connectivity index (χ0n) is 34.4. The summed E-state index contributed by atoms with van der Waals surface area (Å²) >= 11 is 0. The largest absolute Gasteiger partial charge is 0.472 e. The molecule has 8 nitrogen and oxygen atoms in total. The minimum atomic E-state index is -4.35. The lowest BCUT2D eigenvalue weighted by Gasteiger charge is -2.23. The molecule has 1 amide bonds. The van der Waals surface area contributed by atoms with Gasteiger partial charge in [-0.2, -0.15) is 0 Å². The quantitative estimate of drug-likeness (QED) is 0.0278. The van der Waals surface area contributed by atoms with Gasteiger partial charge in [-0.1, -0.05) is 177 Å². The van der Waals surface area contributed by atoms with Crippen LogP contribution in [0.2, 0.25) is 0 Å². The summed E-state index contributed by atoms with van der Waals surface area (Å²) in [6.45, 7) is 3.98. The minimum absolute atomic E-state index is 0.0692. The first-order valence-corrected chi connectivity index (χ1v) is 23.1. The molecule has 0 aliphatic rings. The molecule has 54 heavy (non-hydrogen) atoms. The van der Waals surface area contributed by atoms with Gasteiger partial charge >= 0.3 is 7.82 Å². The van der Waals surface area contributed by atoms with Crippen molar-refractivity contribution in [1.29, 1.82) is 0 Å². The molecule has 0 aromatic carbocycles. The van der Waals surface area contributed by atoms with Gasteiger partial charge in [0.2, 0.25) is 5.91 Å². The van der Waals surface area contributed by atoms with Crippen LogP contribution in [0.3, 0.4) is 0 Å². The summed E-state index contributed by atoms with van der Waals surface area (Å²) in [5, 5.41) is 13.6. The Hall–Kier alpha value is -2.06. The second-order valence-corrected chi connectivity index (χ2v) is 15.6. The van der Waals surface area contributed by atoms with E-state index in [0.717, 1.165) is 70.6 Å². The van der Waals surface area contributed by atoms with E-state index in [1.54, 1.807) is 6.08 Å². The molecule has 0 heterocycles. The lowest BCUT2D eigenvalue weighted by molar-refractivity contribution is -0.123. The summed E-state index contributed by atoms with van der Waals surface area (Å²) in [6.07, 6.45) is 52.3. The van der Waals surface area contributed by atoms with Gasteiger partial charge in [0.25, 0.3) is 0 Å². The molecule has 0 spiro atoms. The van der Waals surface area contributed by atoms with Crippen molar-refractivity contribution in [3.63, 3.8) is 0 Å². The maximum absolute atomic E-state index is 12.7. The number of unbranched alkanes of at least 4 members (excludes halogenated alkanes) is 17. The van der Waals surface area contributed by atoms with E-state index in [1.807, 2.05) is 6.08 Å². The van der Waals surface area contributed by atoms with E-state index in [0.29, 0.717) is 12.8 Å². The number of nitrogens with two attached hydrogens (primary N) is 1. The molecule has 0 rings (SSSR count). The molecule has 0 saturated heterocycles. The molecule has 0 saturated carbocycles. The molecule has 312 valence electrons. The monoisotopic (exact) mass is 777 g/mol. The van der Waals surface area contributed by atoms with Crippen molar-refractivity contribution in [3.05, 3.63) is 72.9 Å². The Morgan fingerprint density at radius 2 is 1.07 bits per heavy atom. The molecule has 0 radical (unpaired) electrons. The second kappa shape index (κ2) is 40.6. The molecule has 0 bridgehead atoms. The molecule has 0 aromatic rings. The summed E-state index contributed by atoms with van der Waals surface area (Å²) in [5.41, 5.74) is 5.37. The molecule has 9 heteroatoms.